The first-order valence-corrected chi connectivity index (χ1v) is 5.11. The molecule has 16 heavy (non-hydrogen) atoms. The van der Waals surface area contributed by atoms with Crippen LogP contribution in [0.2, 0.25) is 0 Å². The number of nitrogens with zero attached hydrogens (tertiary/aromatic N) is 2. The van der Waals surface area contributed by atoms with Gasteiger partial charge in [-0.05, 0) is 6.92 Å². The summed E-state index contributed by atoms with van der Waals surface area (Å²) < 4.78 is 1.60. The van der Waals surface area contributed by atoms with Gasteiger partial charge in [0.05, 0.1) is 17.7 Å². The number of carbonyl (C=O) groups is 2. The molecular formula is C11H16N2O3. The third-order valence-electron chi connectivity index (χ3n) is 3.05. The molecule has 5 heteroatoms. The van der Waals surface area contributed by atoms with Crippen molar-refractivity contribution in [2.75, 3.05) is 0 Å². The third-order valence-corrected chi connectivity index (χ3v) is 3.05. The van der Waals surface area contributed by atoms with Crippen LogP contribution in [-0.4, -0.2) is 26.6 Å². The maximum atomic E-state index is 12.0. The van der Waals surface area contributed by atoms with Gasteiger partial charge in [-0.15, -0.1) is 0 Å². The Labute approximate surface area is 94.1 Å². The predicted molar refractivity (Wildman–Crippen MR) is 58.2 cm³/mol. The molecule has 0 saturated heterocycles. The van der Waals surface area contributed by atoms with E-state index in [2.05, 4.69) is 5.10 Å². The molecule has 0 aliphatic heterocycles. The molecule has 1 aromatic rings. The summed E-state index contributed by atoms with van der Waals surface area (Å²) in [6.07, 6.45) is 1.49. The Kier molecular flexibility index (Phi) is 3.47. The molecule has 0 aliphatic carbocycles. The minimum Gasteiger partial charge on any atom is -0.481 e. The Morgan fingerprint density at radius 1 is 1.38 bits per heavy atom. The van der Waals surface area contributed by atoms with Crippen molar-refractivity contribution in [1.29, 1.82) is 0 Å². The number of aromatic nitrogens is 2. The van der Waals surface area contributed by atoms with Gasteiger partial charge in [0.1, 0.15) is 0 Å². The molecule has 88 valence electrons. The van der Waals surface area contributed by atoms with Crippen LogP contribution in [0.25, 0.3) is 0 Å². The molecule has 1 rings (SSSR count). The first-order valence-electron chi connectivity index (χ1n) is 5.11. The molecule has 0 bridgehead atoms. The normalized spacial score (nSPS) is 14.5. The summed E-state index contributed by atoms with van der Waals surface area (Å²) in [6, 6.07) is 0. The smallest absolute Gasteiger partial charge is 0.306 e. The molecule has 2 unspecified atom stereocenters. The van der Waals surface area contributed by atoms with Crippen LogP contribution in [0.1, 0.15) is 29.9 Å². The number of aliphatic carboxylic acids is 1. The van der Waals surface area contributed by atoms with Crippen molar-refractivity contribution in [1.82, 2.24) is 9.78 Å². The minimum atomic E-state index is -0.956. The van der Waals surface area contributed by atoms with Gasteiger partial charge < -0.3 is 5.11 Å². The van der Waals surface area contributed by atoms with Crippen LogP contribution in [0.3, 0.4) is 0 Å². The van der Waals surface area contributed by atoms with Crippen LogP contribution in [0, 0.1) is 18.8 Å². The zero-order valence-electron chi connectivity index (χ0n) is 9.89. The highest BCUT2D eigenvalue weighted by atomic mass is 16.4. The van der Waals surface area contributed by atoms with Crippen LogP contribution >= 0.6 is 0 Å². The molecule has 1 heterocycles. The quantitative estimate of drug-likeness (QED) is 0.782. The zero-order chi connectivity index (χ0) is 12.5. The summed E-state index contributed by atoms with van der Waals surface area (Å²) in [6.45, 7) is 4.96. The molecule has 1 N–H and O–H groups in total. The van der Waals surface area contributed by atoms with Gasteiger partial charge in [-0.25, -0.2) is 0 Å². The summed E-state index contributed by atoms with van der Waals surface area (Å²) in [5.41, 5.74) is 1.26. The average molecular weight is 224 g/mol. The van der Waals surface area contributed by atoms with E-state index in [0.717, 1.165) is 5.69 Å². The molecule has 0 radical (unpaired) electrons. The number of hydrogen-bond acceptors (Lipinski definition) is 3. The van der Waals surface area contributed by atoms with E-state index in [0.29, 0.717) is 5.56 Å². The molecule has 0 saturated carbocycles. The van der Waals surface area contributed by atoms with Crippen molar-refractivity contribution in [3.63, 3.8) is 0 Å². The number of Topliss-reactive ketones (excluding diaryl/α,β-unsaturated/α-hetero) is 1. The molecule has 2 atom stereocenters. The van der Waals surface area contributed by atoms with E-state index in [1.807, 2.05) is 0 Å². The van der Waals surface area contributed by atoms with E-state index in [9.17, 15) is 9.59 Å². The molecule has 0 aliphatic rings. The van der Waals surface area contributed by atoms with Gasteiger partial charge in [-0.2, -0.15) is 5.10 Å². The SMILES string of the molecule is Cc1c(C(=O)C(C)C(C)C(=O)O)cnn1C. The number of carbonyl (C=O) groups excluding carboxylic acids is 1. The first-order chi connectivity index (χ1) is 7.36. The maximum Gasteiger partial charge on any atom is 0.306 e. The molecule has 0 spiro atoms. The Hall–Kier alpha value is -1.65. The van der Waals surface area contributed by atoms with E-state index in [1.165, 1.54) is 13.1 Å². The Balaban J connectivity index is 2.95. The summed E-state index contributed by atoms with van der Waals surface area (Å²) in [5, 5.41) is 12.8. The van der Waals surface area contributed by atoms with Gasteiger partial charge in [0, 0.05) is 18.7 Å². The van der Waals surface area contributed by atoms with Crippen molar-refractivity contribution in [3.05, 3.63) is 17.5 Å². The highest BCUT2D eigenvalue weighted by molar-refractivity contribution is 6.00. The highest BCUT2D eigenvalue weighted by Gasteiger charge is 2.28. The predicted octanol–water partition coefficient (Wildman–Crippen LogP) is 1.27. The molecule has 0 fully saturated rings. The van der Waals surface area contributed by atoms with Crippen LogP contribution in [0.4, 0.5) is 0 Å². The largest absolute Gasteiger partial charge is 0.481 e. The minimum absolute atomic E-state index is 0.166. The van der Waals surface area contributed by atoms with E-state index >= 15 is 0 Å². The van der Waals surface area contributed by atoms with Crippen molar-refractivity contribution >= 4 is 11.8 Å². The zero-order valence-corrected chi connectivity index (χ0v) is 9.89. The lowest BCUT2D eigenvalue weighted by atomic mass is 9.89. The Morgan fingerprint density at radius 3 is 2.31 bits per heavy atom. The average Bonchev–Trinajstić information content (AvgIpc) is 2.56. The highest BCUT2D eigenvalue weighted by Crippen LogP contribution is 2.19. The van der Waals surface area contributed by atoms with Crippen LogP contribution in [0.15, 0.2) is 6.20 Å². The van der Waals surface area contributed by atoms with Gasteiger partial charge in [-0.1, -0.05) is 13.8 Å². The number of carboxylic acids is 1. The molecule has 5 nitrogen and oxygen atoms in total. The fraction of sp³-hybridized carbons (Fsp3) is 0.545. The lowest BCUT2D eigenvalue weighted by Gasteiger charge is -2.14. The Morgan fingerprint density at radius 2 is 1.94 bits per heavy atom. The lowest BCUT2D eigenvalue weighted by molar-refractivity contribution is -0.142. The monoisotopic (exact) mass is 224 g/mol. The van der Waals surface area contributed by atoms with Crippen LogP contribution < -0.4 is 0 Å². The second-order valence-corrected chi connectivity index (χ2v) is 4.05. The Bertz CT molecular complexity index is 423. The van der Waals surface area contributed by atoms with Crippen molar-refractivity contribution in [3.8, 4) is 0 Å². The number of aryl methyl sites for hydroxylation is 1. The number of hydrogen-bond donors (Lipinski definition) is 1. The van der Waals surface area contributed by atoms with Gasteiger partial charge in [0.25, 0.3) is 0 Å². The lowest BCUT2D eigenvalue weighted by Crippen LogP contribution is -2.25. The second kappa shape index (κ2) is 4.47. The maximum absolute atomic E-state index is 12.0. The van der Waals surface area contributed by atoms with Crippen LogP contribution in [0.5, 0.6) is 0 Å². The third kappa shape index (κ3) is 2.13. The fourth-order valence-electron chi connectivity index (χ4n) is 1.43. The summed E-state index contributed by atoms with van der Waals surface area (Å²) in [7, 11) is 1.75. The van der Waals surface area contributed by atoms with Crippen molar-refractivity contribution in [2.24, 2.45) is 18.9 Å². The molecule has 0 aromatic carbocycles. The van der Waals surface area contributed by atoms with E-state index in [1.54, 1.807) is 25.6 Å². The number of ketones is 1. The van der Waals surface area contributed by atoms with E-state index < -0.39 is 17.8 Å². The first kappa shape index (κ1) is 12.4. The topological polar surface area (TPSA) is 72.2 Å². The summed E-state index contributed by atoms with van der Waals surface area (Å²) in [4.78, 5) is 22.8. The van der Waals surface area contributed by atoms with E-state index in [-0.39, 0.29) is 5.78 Å². The number of rotatable bonds is 4. The molecule has 1 aromatic heterocycles. The molecule has 0 amide bonds. The molecular weight excluding hydrogens is 208 g/mol. The van der Waals surface area contributed by atoms with Crippen molar-refractivity contribution in [2.45, 2.75) is 20.8 Å². The summed E-state index contributed by atoms with van der Waals surface area (Å²) in [5.74, 6) is -2.35. The second-order valence-electron chi connectivity index (χ2n) is 4.05. The standard InChI is InChI=1S/C11H16N2O3/c1-6(7(2)11(15)16)10(14)9-5-12-13(4)8(9)3/h5-7H,1-4H3,(H,15,16). The van der Waals surface area contributed by atoms with Crippen molar-refractivity contribution < 1.29 is 14.7 Å². The van der Waals surface area contributed by atoms with Gasteiger partial charge in [0.15, 0.2) is 5.78 Å². The van der Waals surface area contributed by atoms with Gasteiger partial charge in [0.2, 0.25) is 0 Å². The number of carboxylic acid groups (broad SMARTS) is 1. The van der Waals surface area contributed by atoms with Gasteiger partial charge >= 0.3 is 5.97 Å². The summed E-state index contributed by atoms with van der Waals surface area (Å²) >= 11 is 0. The van der Waals surface area contributed by atoms with E-state index in [4.69, 9.17) is 5.11 Å². The fourth-order valence-corrected chi connectivity index (χ4v) is 1.43. The van der Waals surface area contributed by atoms with Gasteiger partial charge in [-0.3, -0.25) is 14.3 Å². The van der Waals surface area contributed by atoms with Crippen LogP contribution in [-0.2, 0) is 11.8 Å².